The predicted molar refractivity (Wildman–Crippen MR) is 174 cm³/mol. The molecule has 0 atom stereocenters. The quantitative estimate of drug-likeness (QED) is 0.125. The van der Waals surface area contributed by atoms with Crippen LogP contribution in [0, 0.1) is 6.92 Å². The van der Waals surface area contributed by atoms with E-state index in [1.807, 2.05) is 31.2 Å². The lowest BCUT2D eigenvalue weighted by atomic mass is 9.95. The van der Waals surface area contributed by atoms with Gasteiger partial charge in [0.25, 0.3) is 5.91 Å². The number of benzene rings is 3. The number of furan rings is 1. The molecule has 0 N–H and O–H groups in total. The van der Waals surface area contributed by atoms with Gasteiger partial charge in [0.05, 0.1) is 30.6 Å². The molecule has 1 amide bonds. The van der Waals surface area contributed by atoms with Crippen molar-refractivity contribution in [1.82, 2.24) is 19.7 Å². The molecule has 256 valence electrons. The number of ketones is 1. The fourth-order valence-corrected chi connectivity index (χ4v) is 6.93. The van der Waals surface area contributed by atoms with Crippen LogP contribution in [-0.2, 0) is 29.3 Å². The second-order valence-corrected chi connectivity index (χ2v) is 13.6. The van der Waals surface area contributed by atoms with Crippen molar-refractivity contribution in [2.24, 2.45) is 0 Å². The number of carbonyl (C=O) groups excluding carboxylic acids is 2. The molecule has 0 aliphatic carbocycles. The predicted octanol–water partition coefficient (Wildman–Crippen LogP) is 6.67. The van der Waals surface area contributed by atoms with Crippen molar-refractivity contribution in [1.29, 1.82) is 0 Å². The van der Waals surface area contributed by atoms with Gasteiger partial charge in [-0.25, -0.2) is 12.8 Å². The van der Waals surface area contributed by atoms with Crippen LogP contribution in [0.3, 0.4) is 0 Å². The number of hydrogen-bond acceptors (Lipinski definition) is 7. The first kappa shape index (κ1) is 33.8. The normalized spacial score (nSPS) is 13.5. The molecule has 0 fully saturated rings. The minimum atomic E-state index is -4.69. The molecule has 0 unspecified atom stereocenters. The van der Waals surface area contributed by atoms with Gasteiger partial charge in [0, 0.05) is 47.7 Å². The first-order valence-corrected chi connectivity index (χ1v) is 17.2. The van der Waals surface area contributed by atoms with Crippen LogP contribution >= 0.6 is 0 Å². The summed E-state index contributed by atoms with van der Waals surface area (Å²) in [5, 5.41) is 7.31. The molecule has 6 rings (SSSR count). The zero-order valence-electron chi connectivity index (χ0n) is 26.7. The molecule has 0 saturated heterocycles. The van der Waals surface area contributed by atoms with E-state index in [0.29, 0.717) is 27.8 Å². The van der Waals surface area contributed by atoms with Crippen LogP contribution < -0.4 is 4.31 Å². The van der Waals surface area contributed by atoms with Gasteiger partial charge in [0.15, 0.2) is 11.6 Å². The number of hydrogen-bond donors (Lipinski definition) is 0. The van der Waals surface area contributed by atoms with Gasteiger partial charge in [0.1, 0.15) is 18.0 Å². The smallest absolute Gasteiger partial charge is 0.451 e. The molecule has 0 saturated carbocycles. The SMILES string of the molecule is CCC(=O)c1c(-c2ccc(C)cc2)oc2cc(N(CCF)S(C)(=O)=O)c(-c3cccc(C(=O)N4CCn5c(nnc5C(F)(F)F)C4)c3)cc12. The Labute approximate surface area is 279 Å². The maximum Gasteiger partial charge on any atom is 0.451 e. The lowest BCUT2D eigenvalue weighted by molar-refractivity contribution is -0.147. The minimum absolute atomic E-state index is 0.0108. The molecule has 2 aromatic heterocycles. The van der Waals surface area contributed by atoms with E-state index in [1.54, 1.807) is 25.1 Å². The lowest BCUT2D eigenvalue weighted by Gasteiger charge is -2.28. The van der Waals surface area contributed by atoms with Crippen molar-refractivity contribution in [3.8, 4) is 22.5 Å². The van der Waals surface area contributed by atoms with Crippen molar-refractivity contribution in [3.05, 3.63) is 89.0 Å². The zero-order valence-corrected chi connectivity index (χ0v) is 27.5. The van der Waals surface area contributed by atoms with Crippen molar-refractivity contribution in [3.63, 3.8) is 0 Å². The Morgan fingerprint density at radius 2 is 1.73 bits per heavy atom. The molecule has 1 aliphatic rings. The van der Waals surface area contributed by atoms with Gasteiger partial charge in [-0.3, -0.25) is 13.9 Å². The molecule has 15 heteroatoms. The minimum Gasteiger partial charge on any atom is -0.455 e. The van der Waals surface area contributed by atoms with E-state index in [2.05, 4.69) is 10.2 Å². The van der Waals surface area contributed by atoms with Gasteiger partial charge in [-0.1, -0.05) is 48.9 Å². The maximum atomic E-state index is 13.8. The van der Waals surface area contributed by atoms with E-state index < -0.39 is 41.2 Å². The number of amides is 1. The topological polar surface area (TPSA) is 119 Å². The van der Waals surface area contributed by atoms with Gasteiger partial charge in [0.2, 0.25) is 15.8 Å². The number of sulfonamides is 1. The van der Waals surface area contributed by atoms with Crippen LogP contribution in [-0.4, -0.2) is 65.8 Å². The van der Waals surface area contributed by atoms with E-state index in [9.17, 15) is 35.6 Å². The molecule has 10 nitrogen and oxygen atoms in total. The Hall–Kier alpha value is -5.05. The van der Waals surface area contributed by atoms with Crippen molar-refractivity contribution in [2.75, 3.05) is 30.3 Å². The second-order valence-electron chi connectivity index (χ2n) is 11.7. The third kappa shape index (κ3) is 6.42. The fraction of sp³-hybridized carbons (Fsp3) is 0.294. The van der Waals surface area contributed by atoms with Crippen LogP contribution in [0.4, 0.5) is 23.2 Å². The Morgan fingerprint density at radius 3 is 2.39 bits per heavy atom. The molecule has 0 spiro atoms. The van der Waals surface area contributed by atoms with Gasteiger partial charge in [-0.05, 0) is 30.7 Å². The van der Waals surface area contributed by atoms with Crippen molar-refractivity contribution < 1.29 is 40.0 Å². The third-order valence-corrected chi connectivity index (χ3v) is 9.57. The van der Waals surface area contributed by atoms with Crippen LogP contribution in [0.2, 0.25) is 0 Å². The summed E-state index contributed by atoms with van der Waals surface area (Å²) in [6.07, 6.45) is -3.59. The van der Waals surface area contributed by atoms with Crippen LogP contribution in [0.1, 0.15) is 51.3 Å². The lowest BCUT2D eigenvalue weighted by Crippen LogP contribution is -2.39. The third-order valence-electron chi connectivity index (χ3n) is 8.39. The van der Waals surface area contributed by atoms with Crippen LogP contribution in [0.5, 0.6) is 0 Å². The number of nitrogens with zero attached hydrogens (tertiary/aromatic N) is 5. The number of fused-ring (bicyclic) bond motifs is 2. The van der Waals surface area contributed by atoms with E-state index in [1.165, 1.54) is 23.1 Å². The van der Waals surface area contributed by atoms with E-state index >= 15 is 0 Å². The Kier molecular flexibility index (Phi) is 8.81. The summed E-state index contributed by atoms with van der Waals surface area (Å²) in [7, 11) is -4.03. The standard InChI is InChI=1S/C34H31F4N5O5S/c1-4-27(44)30-25-17-24(26(43(13-12-35)49(3,46)47)18-28(25)48-31(30)21-10-8-20(2)9-11-21)22-6-5-7-23(16-22)32(45)41-14-15-42-29(19-41)39-40-33(42)34(36,37)38/h5-11,16-18H,4,12-15,19H2,1-3H3. The molecule has 3 heterocycles. The highest BCUT2D eigenvalue weighted by atomic mass is 32.2. The molecule has 3 aromatic carbocycles. The van der Waals surface area contributed by atoms with Gasteiger partial charge in [-0.2, -0.15) is 13.2 Å². The Bertz CT molecular complexity index is 2190. The van der Waals surface area contributed by atoms with Gasteiger partial charge < -0.3 is 13.9 Å². The average molecular weight is 698 g/mol. The summed E-state index contributed by atoms with van der Waals surface area (Å²) in [5.41, 5.74) is 3.05. The van der Waals surface area contributed by atoms with E-state index in [0.717, 1.165) is 20.7 Å². The molecular formula is C34H31F4N5O5S. The fourth-order valence-electron chi connectivity index (χ4n) is 6.02. The average Bonchev–Trinajstić information content (AvgIpc) is 3.67. The summed E-state index contributed by atoms with van der Waals surface area (Å²) in [5.74, 6) is -1.55. The summed E-state index contributed by atoms with van der Waals surface area (Å²) in [4.78, 5) is 28.4. The maximum absolute atomic E-state index is 13.8. The number of Topliss-reactive ketones (excluding diaryl/α,β-unsaturated/α-hetero) is 1. The number of halogens is 4. The van der Waals surface area contributed by atoms with Crippen molar-refractivity contribution >= 4 is 38.4 Å². The number of rotatable bonds is 9. The highest BCUT2D eigenvalue weighted by molar-refractivity contribution is 7.92. The van der Waals surface area contributed by atoms with Gasteiger partial charge in [-0.15, -0.1) is 10.2 Å². The van der Waals surface area contributed by atoms with Crippen LogP contribution in [0.25, 0.3) is 33.4 Å². The monoisotopic (exact) mass is 697 g/mol. The highest BCUT2D eigenvalue weighted by Crippen LogP contribution is 2.42. The molecule has 49 heavy (non-hydrogen) atoms. The highest BCUT2D eigenvalue weighted by Gasteiger charge is 2.40. The van der Waals surface area contributed by atoms with E-state index in [4.69, 9.17) is 4.42 Å². The van der Waals surface area contributed by atoms with Crippen LogP contribution in [0.15, 0.2) is 65.1 Å². The Balaban J connectivity index is 1.49. The molecule has 5 aromatic rings. The molecule has 0 bridgehead atoms. The molecule has 1 aliphatic heterocycles. The molecular weight excluding hydrogens is 666 g/mol. The number of aromatic nitrogens is 3. The zero-order chi connectivity index (χ0) is 35.2. The first-order valence-electron chi connectivity index (χ1n) is 15.3. The summed E-state index contributed by atoms with van der Waals surface area (Å²) in [6, 6.07) is 16.7. The summed E-state index contributed by atoms with van der Waals surface area (Å²) in [6.45, 7) is 1.73. The molecule has 0 radical (unpaired) electrons. The first-order chi connectivity index (χ1) is 23.2. The number of carbonyl (C=O) groups is 2. The van der Waals surface area contributed by atoms with Gasteiger partial charge >= 0.3 is 6.18 Å². The summed E-state index contributed by atoms with van der Waals surface area (Å²) < 4.78 is 87.9. The number of anilines is 1. The van der Waals surface area contributed by atoms with Crippen molar-refractivity contribution in [2.45, 2.75) is 39.5 Å². The largest absolute Gasteiger partial charge is 0.455 e. The number of aryl methyl sites for hydroxylation is 1. The second kappa shape index (κ2) is 12.8. The Morgan fingerprint density at radius 1 is 1.00 bits per heavy atom. The number of alkyl halides is 4. The van der Waals surface area contributed by atoms with E-state index in [-0.39, 0.29) is 60.1 Å². The summed E-state index contributed by atoms with van der Waals surface area (Å²) >= 11 is 0.